The van der Waals surface area contributed by atoms with Gasteiger partial charge in [0.25, 0.3) is 0 Å². The Morgan fingerprint density at radius 1 is 1.00 bits per heavy atom. The van der Waals surface area contributed by atoms with E-state index in [0.717, 1.165) is 12.0 Å². The number of nitrogens with zero attached hydrogens (tertiary/aromatic N) is 1. The molecule has 1 aromatic rings. The second kappa shape index (κ2) is 3.83. The van der Waals surface area contributed by atoms with Gasteiger partial charge in [0.15, 0.2) is 0 Å². The maximum Gasteiger partial charge on any atom is 0.238 e. The van der Waals surface area contributed by atoms with Crippen LogP contribution in [0.25, 0.3) is 0 Å². The first-order chi connectivity index (χ1) is 9.70. The highest BCUT2D eigenvalue weighted by molar-refractivity contribution is 6.22. The highest BCUT2D eigenvalue weighted by atomic mass is 16.2. The van der Waals surface area contributed by atoms with E-state index in [0.29, 0.717) is 5.69 Å². The monoisotopic (exact) mass is 263 g/mol. The van der Waals surface area contributed by atoms with Gasteiger partial charge in [-0.25, -0.2) is 0 Å². The summed E-state index contributed by atoms with van der Waals surface area (Å²) in [7, 11) is 0. The SMILES string of the molecule is C#Cc1ccc(N2C(=O)C3C4C=CC(C4)C3C2=O)cc1. The fourth-order valence-electron chi connectivity index (χ4n) is 3.86. The van der Waals surface area contributed by atoms with Gasteiger partial charge in [0.2, 0.25) is 11.8 Å². The molecule has 4 atom stereocenters. The van der Waals surface area contributed by atoms with Crippen LogP contribution in [0.2, 0.25) is 0 Å². The fraction of sp³-hybridized carbons (Fsp3) is 0.294. The maximum atomic E-state index is 12.6. The number of hydrogen-bond donors (Lipinski definition) is 0. The van der Waals surface area contributed by atoms with Gasteiger partial charge in [-0.2, -0.15) is 0 Å². The number of fused-ring (bicyclic) bond motifs is 5. The molecule has 4 rings (SSSR count). The first-order valence-electron chi connectivity index (χ1n) is 6.83. The summed E-state index contributed by atoms with van der Waals surface area (Å²) in [5.74, 6) is 2.63. The number of carbonyl (C=O) groups is 2. The van der Waals surface area contributed by atoms with Crippen molar-refractivity contribution in [3.05, 3.63) is 42.0 Å². The van der Waals surface area contributed by atoms with Gasteiger partial charge in [0.1, 0.15) is 0 Å². The molecule has 2 aliphatic carbocycles. The molecule has 3 nitrogen and oxygen atoms in total. The lowest BCUT2D eigenvalue weighted by Crippen LogP contribution is -2.32. The van der Waals surface area contributed by atoms with Crippen LogP contribution < -0.4 is 4.90 Å². The highest BCUT2D eigenvalue weighted by Crippen LogP contribution is 2.53. The second-order valence-electron chi connectivity index (χ2n) is 5.70. The van der Waals surface area contributed by atoms with E-state index in [1.54, 1.807) is 24.3 Å². The van der Waals surface area contributed by atoms with Crippen molar-refractivity contribution in [2.75, 3.05) is 4.90 Å². The molecule has 0 aromatic heterocycles. The molecule has 3 aliphatic rings. The lowest BCUT2D eigenvalue weighted by atomic mass is 9.85. The van der Waals surface area contributed by atoms with Gasteiger partial charge in [-0.1, -0.05) is 18.1 Å². The van der Waals surface area contributed by atoms with Crippen LogP contribution in [0.5, 0.6) is 0 Å². The summed E-state index contributed by atoms with van der Waals surface area (Å²) in [6.07, 6.45) is 10.5. The van der Waals surface area contributed by atoms with E-state index in [2.05, 4.69) is 18.1 Å². The second-order valence-corrected chi connectivity index (χ2v) is 5.70. The van der Waals surface area contributed by atoms with Crippen molar-refractivity contribution in [3.63, 3.8) is 0 Å². The van der Waals surface area contributed by atoms with Gasteiger partial charge < -0.3 is 0 Å². The fourth-order valence-corrected chi connectivity index (χ4v) is 3.86. The zero-order chi connectivity index (χ0) is 13.9. The summed E-state index contributed by atoms with van der Waals surface area (Å²) in [6, 6.07) is 7.02. The molecule has 20 heavy (non-hydrogen) atoms. The smallest absolute Gasteiger partial charge is 0.238 e. The molecule has 0 N–H and O–H groups in total. The largest absolute Gasteiger partial charge is 0.274 e. The van der Waals surface area contributed by atoms with Crippen molar-refractivity contribution in [1.82, 2.24) is 0 Å². The van der Waals surface area contributed by atoms with E-state index in [1.165, 1.54) is 4.90 Å². The first-order valence-corrected chi connectivity index (χ1v) is 6.83. The van der Waals surface area contributed by atoms with Gasteiger partial charge in [0, 0.05) is 5.56 Å². The number of allylic oxidation sites excluding steroid dienone is 2. The minimum Gasteiger partial charge on any atom is -0.274 e. The van der Waals surface area contributed by atoms with Crippen LogP contribution in [-0.2, 0) is 9.59 Å². The van der Waals surface area contributed by atoms with E-state index in [9.17, 15) is 9.59 Å². The van der Waals surface area contributed by atoms with Crippen LogP contribution in [0.15, 0.2) is 36.4 Å². The summed E-state index contributed by atoms with van der Waals surface area (Å²) in [4.78, 5) is 26.5. The molecule has 1 saturated heterocycles. The first kappa shape index (κ1) is 11.5. The zero-order valence-electron chi connectivity index (χ0n) is 10.8. The predicted molar refractivity (Wildman–Crippen MR) is 74.6 cm³/mol. The Labute approximate surface area is 117 Å². The molecule has 2 fully saturated rings. The number of rotatable bonds is 1. The van der Waals surface area contributed by atoms with Gasteiger partial charge in [-0.15, -0.1) is 6.42 Å². The number of carbonyl (C=O) groups excluding carboxylic acids is 2. The van der Waals surface area contributed by atoms with Crippen LogP contribution in [0.4, 0.5) is 5.69 Å². The molecule has 4 unspecified atom stereocenters. The average Bonchev–Trinajstić information content (AvgIpc) is 3.14. The minimum absolute atomic E-state index is 0.0506. The molecule has 1 aliphatic heterocycles. The van der Waals surface area contributed by atoms with Crippen LogP contribution in [0.1, 0.15) is 12.0 Å². The maximum absolute atomic E-state index is 12.6. The summed E-state index contributed by atoms with van der Waals surface area (Å²) >= 11 is 0. The molecule has 0 radical (unpaired) electrons. The summed E-state index contributed by atoms with van der Waals surface area (Å²) in [6.45, 7) is 0. The Bertz CT molecular complexity index is 650. The third-order valence-electron chi connectivity index (χ3n) is 4.76. The minimum atomic E-state index is -0.148. The van der Waals surface area contributed by atoms with Crippen molar-refractivity contribution in [3.8, 4) is 12.3 Å². The molecule has 3 heteroatoms. The Morgan fingerprint density at radius 2 is 1.55 bits per heavy atom. The highest BCUT2D eigenvalue weighted by Gasteiger charge is 2.59. The van der Waals surface area contributed by atoms with E-state index in [-0.39, 0.29) is 35.5 Å². The Hall–Kier alpha value is -2.34. The number of anilines is 1. The van der Waals surface area contributed by atoms with Gasteiger partial charge in [-0.3, -0.25) is 14.5 Å². The van der Waals surface area contributed by atoms with E-state index in [1.807, 2.05) is 0 Å². The number of imide groups is 1. The number of amides is 2. The average molecular weight is 263 g/mol. The molecule has 1 saturated carbocycles. The number of benzene rings is 1. The molecule has 1 aromatic carbocycles. The lowest BCUT2D eigenvalue weighted by Gasteiger charge is -2.17. The van der Waals surface area contributed by atoms with Crippen LogP contribution in [-0.4, -0.2) is 11.8 Å². The molecule has 1 heterocycles. The van der Waals surface area contributed by atoms with Crippen LogP contribution in [0, 0.1) is 36.0 Å². The van der Waals surface area contributed by atoms with Gasteiger partial charge >= 0.3 is 0 Å². The standard InChI is InChI=1S/C17H13NO2/c1-2-10-3-7-13(8-4-10)18-16(19)14-11-5-6-12(9-11)15(14)17(18)20/h1,3-8,11-12,14-15H,9H2. The van der Waals surface area contributed by atoms with E-state index >= 15 is 0 Å². The molecule has 2 bridgehead atoms. The Morgan fingerprint density at radius 3 is 2.05 bits per heavy atom. The summed E-state index contributed by atoms with van der Waals surface area (Å²) in [5.41, 5.74) is 1.38. The Balaban J connectivity index is 1.72. The van der Waals surface area contributed by atoms with Crippen molar-refractivity contribution < 1.29 is 9.59 Å². The summed E-state index contributed by atoms with van der Waals surface area (Å²) < 4.78 is 0. The molecule has 98 valence electrons. The normalized spacial score (nSPS) is 33.6. The number of terminal acetylenes is 1. The third kappa shape index (κ3) is 1.31. The zero-order valence-corrected chi connectivity index (χ0v) is 10.8. The molecule has 2 amide bonds. The Kier molecular flexibility index (Phi) is 2.20. The van der Waals surface area contributed by atoms with Crippen molar-refractivity contribution >= 4 is 17.5 Å². The van der Waals surface area contributed by atoms with Crippen molar-refractivity contribution in [1.29, 1.82) is 0 Å². The predicted octanol–water partition coefficient (Wildman–Crippen LogP) is 1.98. The lowest BCUT2D eigenvalue weighted by molar-refractivity contribution is -0.123. The van der Waals surface area contributed by atoms with Crippen LogP contribution in [0.3, 0.4) is 0 Å². The van der Waals surface area contributed by atoms with Crippen LogP contribution >= 0.6 is 0 Å². The van der Waals surface area contributed by atoms with Crippen molar-refractivity contribution in [2.45, 2.75) is 6.42 Å². The van der Waals surface area contributed by atoms with E-state index < -0.39 is 0 Å². The van der Waals surface area contributed by atoms with Gasteiger partial charge in [-0.05, 0) is 42.5 Å². The van der Waals surface area contributed by atoms with Crippen molar-refractivity contribution in [2.24, 2.45) is 23.7 Å². The molecule has 0 spiro atoms. The topological polar surface area (TPSA) is 37.4 Å². The summed E-state index contributed by atoms with van der Waals surface area (Å²) in [5, 5.41) is 0. The quantitative estimate of drug-likeness (QED) is 0.441. The third-order valence-corrected chi connectivity index (χ3v) is 4.76. The molecular weight excluding hydrogens is 250 g/mol. The molecular formula is C17H13NO2. The number of hydrogen-bond acceptors (Lipinski definition) is 2. The van der Waals surface area contributed by atoms with E-state index in [4.69, 9.17) is 6.42 Å². The van der Waals surface area contributed by atoms with Gasteiger partial charge in [0.05, 0.1) is 17.5 Å².